The number of pyridine rings is 1. The van der Waals surface area contributed by atoms with E-state index in [1.54, 1.807) is 19.0 Å². The minimum absolute atomic E-state index is 0.178. The third-order valence-corrected chi connectivity index (χ3v) is 3.68. The number of aromatic nitrogens is 1. The van der Waals surface area contributed by atoms with Gasteiger partial charge in [0.2, 0.25) is 0 Å². The number of hydrogen-bond donors (Lipinski definition) is 1. The van der Waals surface area contributed by atoms with Crippen LogP contribution in [0.5, 0.6) is 0 Å². The largest absolute Gasteiger partial charge is 0.372 e. The van der Waals surface area contributed by atoms with Crippen LogP contribution in [-0.4, -0.2) is 36.4 Å². The van der Waals surface area contributed by atoms with E-state index < -0.39 is 5.82 Å². The molecule has 1 aliphatic rings. The molecule has 4 nitrogen and oxygen atoms in total. The Morgan fingerprint density at radius 2 is 2.21 bits per heavy atom. The van der Waals surface area contributed by atoms with E-state index in [0.29, 0.717) is 17.3 Å². The molecule has 1 heterocycles. The van der Waals surface area contributed by atoms with Crippen LogP contribution in [0.3, 0.4) is 0 Å². The zero-order chi connectivity index (χ0) is 13.8. The summed E-state index contributed by atoms with van der Waals surface area (Å²) < 4.78 is 13.3. The average Bonchev–Trinajstić information content (AvgIpc) is 2.90. The zero-order valence-electron chi connectivity index (χ0n) is 11.4. The fourth-order valence-corrected chi connectivity index (χ4v) is 2.67. The molecule has 1 N–H and O–H groups in total. The Balaban J connectivity index is 2.11. The number of anilines is 1. The van der Waals surface area contributed by atoms with Crippen LogP contribution < -0.4 is 5.32 Å². The van der Waals surface area contributed by atoms with E-state index in [0.717, 1.165) is 12.7 Å². The first kappa shape index (κ1) is 13.8. The van der Waals surface area contributed by atoms with E-state index in [2.05, 4.69) is 10.3 Å². The Hall–Kier alpha value is -1.65. The van der Waals surface area contributed by atoms with Crippen LogP contribution in [0, 0.1) is 11.7 Å². The Morgan fingerprint density at radius 3 is 2.84 bits per heavy atom. The summed E-state index contributed by atoms with van der Waals surface area (Å²) in [6.45, 7) is 0.735. The topological polar surface area (TPSA) is 45.2 Å². The second kappa shape index (κ2) is 5.99. The number of hydrogen-bond acceptors (Lipinski definition) is 3. The maximum absolute atomic E-state index is 13.3. The molecule has 0 saturated heterocycles. The number of halogens is 1. The smallest absolute Gasteiger partial charge is 0.257 e. The second-order valence-electron chi connectivity index (χ2n) is 5.14. The van der Waals surface area contributed by atoms with Crippen molar-refractivity contribution in [3.8, 4) is 0 Å². The van der Waals surface area contributed by atoms with Gasteiger partial charge in [-0.25, -0.2) is 9.37 Å². The maximum Gasteiger partial charge on any atom is 0.257 e. The molecule has 1 amide bonds. The number of amides is 1. The lowest BCUT2D eigenvalue weighted by Crippen LogP contribution is -2.31. The summed E-state index contributed by atoms with van der Waals surface area (Å²) in [6.07, 6.45) is 5.96. The highest BCUT2D eigenvalue weighted by molar-refractivity contribution is 5.98. The van der Waals surface area contributed by atoms with Crippen LogP contribution in [0.2, 0.25) is 0 Å². The lowest BCUT2D eigenvalue weighted by atomic mass is 10.1. The quantitative estimate of drug-likeness (QED) is 0.910. The van der Waals surface area contributed by atoms with Crippen molar-refractivity contribution in [1.82, 2.24) is 9.88 Å². The maximum atomic E-state index is 13.3. The summed E-state index contributed by atoms with van der Waals surface area (Å²) in [5.74, 6) is 0.332. The van der Waals surface area contributed by atoms with E-state index >= 15 is 0 Å². The van der Waals surface area contributed by atoms with Gasteiger partial charge >= 0.3 is 0 Å². The molecule has 19 heavy (non-hydrogen) atoms. The lowest BCUT2D eigenvalue weighted by molar-refractivity contribution is 0.0773. The summed E-state index contributed by atoms with van der Waals surface area (Å²) in [7, 11) is 3.44. The monoisotopic (exact) mass is 265 g/mol. The highest BCUT2D eigenvalue weighted by Gasteiger charge is 2.22. The second-order valence-corrected chi connectivity index (χ2v) is 5.14. The summed E-state index contributed by atoms with van der Waals surface area (Å²) in [6, 6.07) is 1.24. The molecule has 1 aromatic heterocycles. The first-order chi connectivity index (χ1) is 9.11. The minimum Gasteiger partial charge on any atom is -0.372 e. The van der Waals surface area contributed by atoms with Crippen molar-refractivity contribution in [3.05, 3.63) is 23.6 Å². The van der Waals surface area contributed by atoms with Crippen LogP contribution in [0.25, 0.3) is 0 Å². The third-order valence-electron chi connectivity index (χ3n) is 3.68. The highest BCUT2D eigenvalue weighted by atomic mass is 19.1. The predicted octanol–water partition coefficient (Wildman–Crippen LogP) is 2.52. The molecule has 0 radical (unpaired) electrons. The molecule has 0 aromatic carbocycles. The van der Waals surface area contributed by atoms with Crippen molar-refractivity contribution in [2.24, 2.45) is 5.92 Å². The third kappa shape index (κ3) is 3.22. The summed E-state index contributed by atoms with van der Waals surface area (Å²) in [5, 5.41) is 2.83. The minimum atomic E-state index is -0.489. The van der Waals surface area contributed by atoms with Crippen LogP contribution >= 0.6 is 0 Å². The highest BCUT2D eigenvalue weighted by Crippen LogP contribution is 2.26. The zero-order valence-corrected chi connectivity index (χ0v) is 11.4. The summed E-state index contributed by atoms with van der Waals surface area (Å²) in [5.41, 5.74) is 0.294. The van der Waals surface area contributed by atoms with Gasteiger partial charge in [-0.05, 0) is 24.8 Å². The van der Waals surface area contributed by atoms with E-state index in [1.165, 1.54) is 31.7 Å². The SMILES string of the molecule is CNc1ncc(F)cc1C(=O)N(C)CC1CCCC1. The van der Waals surface area contributed by atoms with Gasteiger partial charge in [-0.3, -0.25) is 4.79 Å². The van der Waals surface area contributed by atoms with Gasteiger partial charge in [0.05, 0.1) is 11.8 Å². The molecule has 0 unspecified atom stereocenters. The Labute approximate surface area is 113 Å². The fraction of sp³-hybridized carbons (Fsp3) is 0.571. The van der Waals surface area contributed by atoms with Gasteiger partial charge in [0.25, 0.3) is 5.91 Å². The standard InChI is InChI=1S/C14H20FN3O/c1-16-13-12(7-11(15)8-17-13)14(19)18(2)9-10-5-3-4-6-10/h7-8,10H,3-6,9H2,1-2H3,(H,16,17). The lowest BCUT2D eigenvalue weighted by Gasteiger charge is -2.22. The van der Waals surface area contributed by atoms with Crippen molar-refractivity contribution in [2.45, 2.75) is 25.7 Å². The number of carbonyl (C=O) groups excluding carboxylic acids is 1. The van der Waals surface area contributed by atoms with Gasteiger partial charge in [-0.15, -0.1) is 0 Å². The molecule has 0 bridgehead atoms. The van der Waals surface area contributed by atoms with Crippen molar-refractivity contribution in [3.63, 3.8) is 0 Å². The molecular weight excluding hydrogens is 245 g/mol. The number of rotatable bonds is 4. The summed E-state index contributed by atoms with van der Waals surface area (Å²) in [4.78, 5) is 17.9. The van der Waals surface area contributed by atoms with Crippen LogP contribution in [0.15, 0.2) is 12.3 Å². The van der Waals surface area contributed by atoms with E-state index in [9.17, 15) is 9.18 Å². The predicted molar refractivity (Wildman–Crippen MR) is 72.7 cm³/mol. The van der Waals surface area contributed by atoms with Gasteiger partial charge in [-0.1, -0.05) is 12.8 Å². The molecular formula is C14H20FN3O. The fourth-order valence-electron chi connectivity index (χ4n) is 2.67. The van der Waals surface area contributed by atoms with E-state index in [-0.39, 0.29) is 5.91 Å². The molecule has 0 atom stereocenters. The van der Waals surface area contributed by atoms with Gasteiger partial charge in [-0.2, -0.15) is 0 Å². The van der Waals surface area contributed by atoms with Gasteiger partial charge in [0.1, 0.15) is 11.6 Å². The first-order valence-electron chi connectivity index (χ1n) is 6.70. The van der Waals surface area contributed by atoms with E-state index in [4.69, 9.17) is 0 Å². The molecule has 0 spiro atoms. The van der Waals surface area contributed by atoms with E-state index in [1.807, 2.05) is 0 Å². The Kier molecular flexibility index (Phi) is 4.35. The molecule has 5 heteroatoms. The normalized spacial score (nSPS) is 15.5. The molecule has 1 fully saturated rings. The van der Waals surface area contributed by atoms with Crippen molar-refractivity contribution >= 4 is 11.7 Å². The average molecular weight is 265 g/mol. The van der Waals surface area contributed by atoms with Crippen molar-refractivity contribution < 1.29 is 9.18 Å². The molecule has 0 aliphatic heterocycles. The Morgan fingerprint density at radius 1 is 1.53 bits per heavy atom. The Bertz CT molecular complexity index is 458. The number of nitrogens with one attached hydrogen (secondary N) is 1. The van der Waals surface area contributed by atoms with Crippen molar-refractivity contribution in [2.75, 3.05) is 26.0 Å². The summed E-state index contributed by atoms with van der Waals surface area (Å²) >= 11 is 0. The van der Waals surface area contributed by atoms with Gasteiger partial charge in [0.15, 0.2) is 0 Å². The van der Waals surface area contributed by atoms with Gasteiger partial charge < -0.3 is 10.2 Å². The molecule has 1 saturated carbocycles. The number of nitrogens with zero attached hydrogens (tertiary/aromatic N) is 2. The van der Waals surface area contributed by atoms with Crippen molar-refractivity contribution in [1.29, 1.82) is 0 Å². The number of carbonyl (C=O) groups is 1. The first-order valence-corrected chi connectivity index (χ1v) is 6.70. The van der Waals surface area contributed by atoms with Gasteiger partial charge in [0, 0.05) is 20.6 Å². The van der Waals surface area contributed by atoms with Crippen LogP contribution in [0.4, 0.5) is 10.2 Å². The molecule has 104 valence electrons. The van der Waals surface area contributed by atoms with Crippen LogP contribution in [-0.2, 0) is 0 Å². The molecule has 2 rings (SSSR count). The van der Waals surface area contributed by atoms with Crippen LogP contribution in [0.1, 0.15) is 36.0 Å². The molecule has 1 aromatic rings. The molecule has 1 aliphatic carbocycles.